The Hall–Kier alpha value is -0.700. The smallest absolute Gasteiger partial charge is 0.165 e. The molecule has 0 saturated heterocycles. The van der Waals surface area contributed by atoms with Gasteiger partial charge in [0.2, 0.25) is 0 Å². The fourth-order valence-corrected chi connectivity index (χ4v) is 3.34. The minimum absolute atomic E-state index is 0.110. The maximum absolute atomic E-state index is 12.1. The zero-order chi connectivity index (χ0) is 12.6. The lowest BCUT2D eigenvalue weighted by atomic mass is 9.76. The molecule has 17 heavy (non-hydrogen) atoms. The highest BCUT2D eigenvalue weighted by Crippen LogP contribution is 2.36. The van der Waals surface area contributed by atoms with Crippen LogP contribution in [0.25, 0.3) is 0 Å². The molecular formula is C14H21NOS. The van der Waals surface area contributed by atoms with Gasteiger partial charge in [-0.2, -0.15) is 11.8 Å². The summed E-state index contributed by atoms with van der Waals surface area (Å²) in [6.45, 7) is 6.59. The van der Waals surface area contributed by atoms with Crippen molar-refractivity contribution in [1.29, 1.82) is 0 Å². The number of thioether (sulfide) groups is 1. The van der Waals surface area contributed by atoms with Crippen LogP contribution >= 0.6 is 11.8 Å². The van der Waals surface area contributed by atoms with Gasteiger partial charge in [-0.1, -0.05) is 13.8 Å². The number of Topliss-reactive ketones (excluding diaryl/α,β-unsaturated/α-hetero) is 1. The molecule has 1 aromatic heterocycles. The molecule has 0 saturated carbocycles. The second kappa shape index (κ2) is 4.52. The van der Waals surface area contributed by atoms with E-state index in [4.69, 9.17) is 0 Å². The minimum atomic E-state index is 0.110. The number of ketones is 1. The Labute approximate surface area is 108 Å². The Kier molecular flexibility index (Phi) is 3.39. The van der Waals surface area contributed by atoms with E-state index in [9.17, 15) is 4.79 Å². The maximum Gasteiger partial charge on any atom is 0.165 e. The van der Waals surface area contributed by atoms with Gasteiger partial charge in [-0.3, -0.25) is 4.79 Å². The zero-order valence-corrected chi connectivity index (χ0v) is 11.9. The number of hydrogen-bond acceptors (Lipinski definition) is 2. The van der Waals surface area contributed by atoms with Crippen molar-refractivity contribution in [2.24, 2.45) is 5.41 Å². The van der Waals surface area contributed by atoms with E-state index < -0.39 is 0 Å². The monoisotopic (exact) mass is 251 g/mol. The number of carbonyl (C=O) groups is 1. The van der Waals surface area contributed by atoms with Crippen molar-refractivity contribution in [2.75, 3.05) is 12.0 Å². The number of fused-ring (bicyclic) bond motifs is 1. The van der Waals surface area contributed by atoms with Gasteiger partial charge in [-0.15, -0.1) is 0 Å². The Bertz CT molecular complexity index is 433. The van der Waals surface area contributed by atoms with Gasteiger partial charge in [-0.05, 0) is 31.1 Å². The Morgan fingerprint density at radius 1 is 1.47 bits per heavy atom. The van der Waals surface area contributed by atoms with E-state index in [1.54, 1.807) is 0 Å². The number of aromatic nitrogens is 1. The third-order valence-electron chi connectivity index (χ3n) is 3.49. The van der Waals surface area contributed by atoms with Crippen molar-refractivity contribution in [2.45, 2.75) is 39.7 Å². The van der Waals surface area contributed by atoms with E-state index in [1.165, 1.54) is 5.69 Å². The molecule has 0 N–H and O–H groups in total. The fraction of sp³-hybridized carbons (Fsp3) is 0.643. The van der Waals surface area contributed by atoms with E-state index in [2.05, 4.69) is 37.8 Å². The molecule has 0 radical (unpaired) electrons. The first-order valence-corrected chi connectivity index (χ1v) is 7.56. The molecule has 1 unspecified atom stereocenters. The van der Waals surface area contributed by atoms with Gasteiger partial charge in [0.15, 0.2) is 5.78 Å². The van der Waals surface area contributed by atoms with Crippen LogP contribution in [0.4, 0.5) is 0 Å². The summed E-state index contributed by atoms with van der Waals surface area (Å²) < 4.78 is 2.30. The van der Waals surface area contributed by atoms with Gasteiger partial charge in [0.05, 0.1) is 0 Å². The highest BCUT2D eigenvalue weighted by atomic mass is 32.2. The van der Waals surface area contributed by atoms with Crippen LogP contribution in [0.15, 0.2) is 12.3 Å². The van der Waals surface area contributed by atoms with Crippen LogP contribution in [0.5, 0.6) is 0 Å². The predicted molar refractivity (Wildman–Crippen MR) is 74.0 cm³/mol. The average Bonchev–Trinajstić information content (AvgIpc) is 2.59. The van der Waals surface area contributed by atoms with Crippen LogP contribution in [0.1, 0.15) is 49.3 Å². The highest BCUT2D eigenvalue weighted by molar-refractivity contribution is 7.98. The zero-order valence-electron chi connectivity index (χ0n) is 11.1. The van der Waals surface area contributed by atoms with Crippen LogP contribution in [0, 0.1) is 5.41 Å². The number of nitrogens with zero attached hydrogens (tertiary/aromatic N) is 1. The summed E-state index contributed by atoms with van der Waals surface area (Å²) in [5.74, 6) is 1.40. The van der Waals surface area contributed by atoms with E-state index in [0.717, 1.165) is 17.7 Å². The van der Waals surface area contributed by atoms with Gasteiger partial charge < -0.3 is 4.57 Å². The molecule has 1 atom stereocenters. The summed E-state index contributed by atoms with van der Waals surface area (Å²) >= 11 is 1.85. The van der Waals surface area contributed by atoms with Crippen LogP contribution in [0.3, 0.4) is 0 Å². The molecule has 1 aliphatic rings. The second-order valence-electron chi connectivity index (χ2n) is 5.83. The number of hydrogen-bond donors (Lipinski definition) is 0. The first-order valence-electron chi connectivity index (χ1n) is 6.16. The van der Waals surface area contributed by atoms with E-state index >= 15 is 0 Å². The van der Waals surface area contributed by atoms with Crippen LogP contribution in [-0.4, -0.2) is 22.4 Å². The van der Waals surface area contributed by atoms with Gasteiger partial charge >= 0.3 is 0 Å². The van der Waals surface area contributed by atoms with Gasteiger partial charge in [0, 0.05) is 35.7 Å². The predicted octanol–water partition coefficient (Wildman–Crippen LogP) is 3.57. The third kappa shape index (κ3) is 2.44. The van der Waals surface area contributed by atoms with Gasteiger partial charge in [-0.25, -0.2) is 0 Å². The summed E-state index contributed by atoms with van der Waals surface area (Å²) in [6.07, 6.45) is 5.91. The van der Waals surface area contributed by atoms with Crippen LogP contribution < -0.4 is 0 Å². The summed E-state index contributed by atoms with van der Waals surface area (Å²) in [5, 5.41) is 0. The van der Waals surface area contributed by atoms with E-state index in [1.807, 2.05) is 17.8 Å². The quantitative estimate of drug-likeness (QED) is 0.819. The molecule has 0 aliphatic heterocycles. The van der Waals surface area contributed by atoms with E-state index in [0.29, 0.717) is 18.2 Å². The summed E-state index contributed by atoms with van der Waals surface area (Å²) in [7, 11) is 0. The molecule has 1 aliphatic carbocycles. The lowest BCUT2D eigenvalue weighted by Crippen LogP contribution is -2.28. The average molecular weight is 251 g/mol. The molecule has 94 valence electrons. The summed E-state index contributed by atoms with van der Waals surface area (Å²) in [4.78, 5) is 12.1. The largest absolute Gasteiger partial charge is 0.347 e. The molecule has 3 heteroatoms. The lowest BCUT2D eigenvalue weighted by molar-refractivity contribution is 0.0909. The SMILES string of the molecule is CSCC(C)n1ccc2c1CC(C)(C)CC2=O. The Morgan fingerprint density at radius 3 is 2.82 bits per heavy atom. The molecule has 1 aromatic rings. The molecule has 0 spiro atoms. The van der Waals surface area contributed by atoms with Crippen LogP contribution in [-0.2, 0) is 6.42 Å². The molecular weight excluding hydrogens is 230 g/mol. The molecule has 2 nitrogen and oxygen atoms in total. The number of carbonyl (C=O) groups excluding carboxylic acids is 1. The Morgan fingerprint density at radius 2 is 2.18 bits per heavy atom. The molecule has 1 heterocycles. The van der Waals surface area contributed by atoms with Gasteiger partial charge in [0.25, 0.3) is 0 Å². The third-order valence-corrected chi connectivity index (χ3v) is 4.31. The first kappa shape index (κ1) is 12.7. The topological polar surface area (TPSA) is 22.0 Å². The van der Waals surface area contributed by atoms with Gasteiger partial charge in [0.1, 0.15) is 0 Å². The Balaban J connectivity index is 2.37. The summed E-state index contributed by atoms with van der Waals surface area (Å²) in [5.41, 5.74) is 2.31. The highest BCUT2D eigenvalue weighted by Gasteiger charge is 2.33. The van der Waals surface area contributed by atoms with E-state index in [-0.39, 0.29) is 5.41 Å². The standard InChI is InChI=1S/C14H21NOS/c1-10(9-17-4)15-6-5-11-12(15)7-14(2,3)8-13(11)16/h5-6,10H,7-9H2,1-4H3. The number of rotatable bonds is 3. The molecule has 0 amide bonds. The van der Waals surface area contributed by atoms with Crippen molar-refractivity contribution in [3.8, 4) is 0 Å². The normalized spacial score (nSPS) is 20.1. The second-order valence-corrected chi connectivity index (χ2v) is 6.74. The maximum atomic E-state index is 12.1. The fourth-order valence-electron chi connectivity index (χ4n) is 2.70. The first-order chi connectivity index (χ1) is 7.94. The van der Waals surface area contributed by atoms with Crippen molar-refractivity contribution in [3.05, 3.63) is 23.5 Å². The molecule has 0 bridgehead atoms. The molecule has 0 fully saturated rings. The van der Waals surface area contributed by atoms with Crippen molar-refractivity contribution >= 4 is 17.5 Å². The lowest BCUT2D eigenvalue weighted by Gasteiger charge is -2.31. The minimum Gasteiger partial charge on any atom is -0.347 e. The summed E-state index contributed by atoms with van der Waals surface area (Å²) in [6, 6.07) is 2.47. The molecule has 0 aromatic carbocycles. The molecule has 2 rings (SSSR count). The van der Waals surface area contributed by atoms with Crippen molar-refractivity contribution in [3.63, 3.8) is 0 Å². The van der Waals surface area contributed by atoms with Crippen LogP contribution in [0.2, 0.25) is 0 Å². The van der Waals surface area contributed by atoms with Crippen molar-refractivity contribution < 1.29 is 4.79 Å². The van der Waals surface area contributed by atoms with Crippen molar-refractivity contribution in [1.82, 2.24) is 4.57 Å².